The fourth-order valence-corrected chi connectivity index (χ4v) is 2.43. The first-order valence-corrected chi connectivity index (χ1v) is 6.87. The molecule has 0 bridgehead atoms. The SMILES string of the molecule is Cc1c(C(=O)NNC(=O)C2CCCO2)oc2ccccc12. The minimum Gasteiger partial charge on any atom is -0.451 e. The van der Waals surface area contributed by atoms with Gasteiger partial charge in [0.1, 0.15) is 11.7 Å². The van der Waals surface area contributed by atoms with E-state index in [1.807, 2.05) is 25.1 Å². The van der Waals surface area contributed by atoms with Crippen molar-refractivity contribution in [2.24, 2.45) is 0 Å². The van der Waals surface area contributed by atoms with Crippen molar-refractivity contribution in [1.82, 2.24) is 10.9 Å². The summed E-state index contributed by atoms with van der Waals surface area (Å²) < 4.78 is 10.8. The van der Waals surface area contributed by atoms with E-state index in [-0.39, 0.29) is 11.7 Å². The van der Waals surface area contributed by atoms with Gasteiger partial charge in [0.25, 0.3) is 5.91 Å². The monoisotopic (exact) mass is 288 g/mol. The number of ether oxygens (including phenoxy) is 1. The number of carbonyl (C=O) groups excluding carboxylic acids is 2. The molecule has 3 rings (SSSR count). The molecule has 2 heterocycles. The number of benzene rings is 1. The molecule has 1 aliphatic heterocycles. The van der Waals surface area contributed by atoms with E-state index in [9.17, 15) is 9.59 Å². The summed E-state index contributed by atoms with van der Waals surface area (Å²) in [6.07, 6.45) is 1.04. The fraction of sp³-hybridized carbons (Fsp3) is 0.333. The number of amides is 2. The summed E-state index contributed by atoms with van der Waals surface area (Å²) in [6.45, 7) is 2.39. The summed E-state index contributed by atoms with van der Waals surface area (Å²) in [5, 5.41) is 0.883. The Labute approximate surface area is 121 Å². The molecule has 0 saturated carbocycles. The van der Waals surface area contributed by atoms with Crippen molar-refractivity contribution in [2.75, 3.05) is 6.61 Å². The number of hydrogen-bond donors (Lipinski definition) is 2. The lowest BCUT2D eigenvalue weighted by Gasteiger charge is -2.10. The standard InChI is InChI=1S/C15H16N2O4/c1-9-10-5-2-3-6-11(10)21-13(9)15(19)17-16-14(18)12-7-4-8-20-12/h2-3,5-6,12H,4,7-8H2,1H3,(H,16,18)(H,17,19). The normalized spacial score (nSPS) is 17.9. The van der Waals surface area contributed by atoms with Gasteiger partial charge in [-0.1, -0.05) is 18.2 Å². The number of fused-ring (bicyclic) bond motifs is 1. The molecule has 2 aromatic rings. The highest BCUT2D eigenvalue weighted by molar-refractivity contribution is 5.99. The maximum Gasteiger partial charge on any atom is 0.305 e. The summed E-state index contributed by atoms with van der Waals surface area (Å²) in [5.74, 6) is -0.617. The van der Waals surface area contributed by atoms with Gasteiger partial charge in [0.05, 0.1) is 0 Å². The highest BCUT2D eigenvalue weighted by Crippen LogP contribution is 2.24. The van der Waals surface area contributed by atoms with Gasteiger partial charge >= 0.3 is 5.91 Å². The first kappa shape index (κ1) is 13.6. The van der Waals surface area contributed by atoms with E-state index >= 15 is 0 Å². The lowest BCUT2D eigenvalue weighted by atomic mass is 10.1. The van der Waals surface area contributed by atoms with Crippen LogP contribution in [0.2, 0.25) is 0 Å². The largest absolute Gasteiger partial charge is 0.451 e. The van der Waals surface area contributed by atoms with Gasteiger partial charge in [0.15, 0.2) is 5.76 Å². The molecule has 1 aromatic carbocycles. The number of hydrogen-bond acceptors (Lipinski definition) is 4. The molecule has 0 aliphatic carbocycles. The van der Waals surface area contributed by atoms with Gasteiger partial charge in [-0.3, -0.25) is 20.4 Å². The van der Waals surface area contributed by atoms with Gasteiger partial charge < -0.3 is 9.15 Å². The van der Waals surface area contributed by atoms with Crippen LogP contribution >= 0.6 is 0 Å². The molecule has 1 atom stereocenters. The maximum atomic E-state index is 12.1. The van der Waals surface area contributed by atoms with E-state index in [1.54, 1.807) is 6.07 Å². The van der Waals surface area contributed by atoms with Gasteiger partial charge in [-0.05, 0) is 25.8 Å². The van der Waals surface area contributed by atoms with Crippen molar-refractivity contribution in [3.05, 3.63) is 35.6 Å². The molecule has 1 saturated heterocycles. The zero-order valence-electron chi connectivity index (χ0n) is 11.6. The molecule has 21 heavy (non-hydrogen) atoms. The molecule has 1 unspecified atom stereocenters. The Balaban J connectivity index is 1.69. The molecule has 0 spiro atoms. The van der Waals surface area contributed by atoms with Gasteiger partial charge in [0.2, 0.25) is 0 Å². The molecule has 6 heteroatoms. The van der Waals surface area contributed by atoms with Gasteiger partial charge in [-0.2, -0.15) is 0 Å². The highest BCUT2D eigenvalue weighted by Gasteiger charge is 2.24. The number of para-hydroxylation sites is 1. The van der Waals surface area contributed by atoms with E-state index in [2.05, 4.69) is 10.9 Å². The summed E-state index contributed by atoms with van der Waals surface area (Å²) in [6, 6.07) is 7.40. The molecule has 1 fully saturated rings. The van der Waals surface area contributed by atoms with Crippen LogP contribution in [0, 0.1) is 6.92 Å². The second kappa shape index (κ2) is 5.57. The Morgan fingerprint density at radius 2 is 2.05 bits per heavy atom. The Morgan fingerprint density at radius 1 is 1.24 bits per heavy atom. The number of rotatable bonds is 2. The zero-order valence-corrected chi connectivity index (χ0v) is 11.6. The fourth-order valence-electron chi connectivity index (χ4n) is 2.43. The van der Waals surface area contributed by atoms with E-state index in [4.69, 9.17) is 9.15 Å². The molecule has 110 valence electrons. The first-order valence-electron chi connectivity index (χ1n) is 6.87. The number of carbonyl (C=O) groups is 2. The third-order valence-electron chi connectivity index (χ3n) is 3.57. The average Bonchev–Trinajstić information content (AvgIpc) is 3.13. The van der Waals surface area contributed by atoms with Crippen LogP contribution in [0.1, 0.15) is 29.0 Å². The summed E-state index contributed by atoms with van der Waals surface area (Å²) in [7, 11) is 0. The zero-order chi connectivity index (χ0) is 14.8. The average molecular weight is 288 g/mol. The van der Waals surface area contributed by atoms with E-state index in [0.717, 1.165) is 17.4 Å². The lowest BCUT2D eigenvalue weighted by molar-refractivity contribution is -0.130. The Morgan fingerprint density at radius 3 is 2.76 bits per heavy atom. The second-order valence-corrected chi connectivity index (χ2v) is 5.00. The summed E-state index contributed by atoms with van der Waals surface area (Å²) in [4.78, 5) is 23.9. The topological polar surface area (TPSA) is 80.6 Å². The van der Waals surface area contributed by atoms with E-state index in [1.165, 1.54) is 0 Å². The van der Waals surface area contributed by atoms with E-state index in [0.29, 0.717) is 18.6 Å². The Kier molecular flexibility index (Phi) is 3.62. The number of nitrogens with one attached hydrogen (secondary N) is 2. The molecule has 1 aliphatic rings. The van der Waals surface area contributed by atoms with Gasteiger partial charge in [-0.15, -0.1) is 0 Å². The second-order valence-electron chi connectivity index (χ2n) is 5.00. The highest BCUT2D eigenvalue weighted by atomic mass is 16.5. The van der Waals surface area contributed by atoms with Crippen molar-refractivity contribution >= 4 is 22.8 Å². The quantitative estimate of drug-likeness (QED) is 0.824. The van der Waals surface area contributed by atoms with Crippen LogP contribution in [0.15, 0.2) is 28.7 Å². The van der Waals surface area contributed by atoms with Crippen LogP contribution in [0.4, 0.5) is 0 Å². The number of furan rings is 1. The van der Waals surface area contributed by atoms with Crippen LogP contribution in [0.3, 0.4) is 0 Å². The smallest absolute Gasteiger partial charge is 0.305 e. The molecular formula is C15H16N2O4. The molecule has 2 amide bonds. The summed E-state index contributed by atoms with van der Waals surface area (Å²) >= 11 is 0. The third kappa shape index (κ3) is 2.62. The van der Waals surface area contributed by atoms with Crippen molar-refractivity contribution < 1.29 is 18.7 Å². The molecular weight excluding hydrogens is 272 g/mol. The maximum absolute atomic E-state index is 12.1. The minimum atomic E-state index is -0.484. The first-order chi connectivity index (χ1) is 10.2. The van der Waals surface area contributed by atoms with Crippen molar-refractivity contribution in [3.63, 3.8) is 0 Å². The van der Waals surface area contributed by atoms with Crippen molar-refractivity contribution in [3.8, 4) is 0 Å². The van der Waals surface area contributed by atoms with Crippen LogP contribution < -0.4 is 10.9 Å². The van der Waals surface area contributed by atoms with Gasteiger partial charge in [0, 0.05) is 17.6 Å². The van der Waals surface area contributed by atoms with E-state index < -0.39 is 12.0 Å². The number of hydrazine groups is 1. The molecule has 6 nitrogen and oxygen atoms in total. The van der Waals surface area contributed by atoms with Crippen molar-refractivity contribution in [1.29, 1.82) is 0 Å². The molecule has 0 radical (unpaired) electrons. The summed E-state index contributed by atoms with van der Waals surface area (Å²) in [5.41, 5.74) is 6.13. The third-order valence-corrected chi connectivity index (χ3v) is 3.57. The predicted octanol–water partition coefficient (Wildman–Crippen LogP) is 1.68. The Bertz CT molecular complexity index is 686. The molecule has 1 aromatic heterocycles. The van der Waals surface area contributed by atoms with Crippen LogP contribution in [0.25, 0.3) is 11.0 Å². The number of aryl methyl sites for hydroxylation is 1. The van der Waals surface area contributed by atoms with Crippen molar-refractivity contribution in [2.45, 2.75) is 25.9 Å². The van der Waals surface area contributed by atoms with Crippen LogP contribution in [-0.2, 0) is 9.53 Å². The minimum absolute atomic E-state index is 0.198. The molecule has 2 N–H and O–H groups in total. The Hall–Kier alpha value is -2.34. The lowest BCUT2D eigenvalue weighted by Crippen LogP contribution is -2.46. The van der Waals surface area contributed by atoms with Gasteiger partial charge in [-0.25, -0.2) is 0 Å². The van der Waals surface area contributed by atoms with Crippen LogP contribution in [0.5, 0.6) is 0 Å². The van der Waals surface area contributed by atoms with Crippen LogP contribution in [-0.4, -0.2) is 24.5 Å². The predicted molar refractivity (Wildman–Crippen MR) is 75.5 cm³/mol.